The van der Waals surface area contributed by atoms with Crippen LogP contribution in [0.2, 0.25) is 15.1 Å². The van der Waals surface area contributed by atoms with Gasteiger partial charge in [0.25, 0.3) is 0 Å². The largest absolute Gasteiger partial charge is 0.460 e. The summed E-state index contributed by atoms with van der Waals surface area (Å²) in [5, 5.41) is -1.51. The molecule has 0 radical (unpaired) electrons. The zero-order valence-electron chi connectivity index (χ0n) is 16.1. The van der Waals surface area contributed by atoms with E-state index < -0.39 is 74.3 Å². The maximum atomic E-state index is 13.9. The van der Waals surface area contributed by atoms with Gasteiger partial charge in [0.15, 0.2) is 0 Å². The fourth-order valence-corrected chi connectivity index (χ4v) is 2.72. The van der Waals surface area contributed by atoms with E-state index in [2.05, 4.69) is 0 Å². The van der Waals surface area contributed by atoms with Crippen molar-refractivity contribution >= 4 is 46.4 Å². The molecule has 0 saturated heterocycles. The monoisotopic (exact) mass is 641 g/mol. The highest BCUT2D eigenvalue weighted by atomic mass is 35.5. The number of alkyl halides is 17. The smallest absolute Gasteiger partial charge is 0.319 e. The van der Waals surface area contributed by atoms with Crippen LogP contribution in [0.4, 0.5) is 80.3 Å². The summed E-state index contributed by atoms with van der Waals surface area (Å²) in [6, 6.07) is 0.808. The van der Waals surface area contributed by atoms with Crippen molar-refractivity contribution in [3.05, 3.63) is 27.2 Å². The first-order chi connectivity index (χ1) is 16.0. The second-order valence-corrected chi connectivity index (χ2v) is 7.94. The summed E-state index contributed by atoms with van der Waals surface area (Å²) in [5.41, 5.74) is -1.27. The molecule has 37 heavy (non-hydrogen) atoms. The van der Waals surface area contributed by atoms with Crippen LogP contribution in [-0.4, -0.2) is 53.5 Å². The standard InChI is InChI=1S/C15H3Cl3F17NO/c16-3-1-5(18)6(2-4(3)17)36-7(37)8(19,20)9(21,22)10(23,24)11(25,26)12(27,28)13(29,30)14(31,32)15(33,34)35/h1-2H,(H,36,37). The Morgan fingerprint density at radius 3 is 1.22 bits per heavy atom. The van der Waals surface area contributed by atoms with Crippen molar-refractivity contribution in [3.8, 4) is 0 Å². The van der Waals surface area contributed by atoms with Gasteiger partial charge in [-0.1, -0.05) is 34.8 Å². The minimum atomic E-state index is -8.80. The number of carbonyl (C=O) groups is 1. The van der Waals surface area contributed by atoms with E-state index in [1.165, 1.54) is 0 Å². The molecular formula is C15H3Cl3F17NO. The van der Waals surface area contributed by atoms with Crippen LogP contribution >= 0.6 is 34.8 Å². The normalized spacial score (nSPS) is 15.1. The van der Waals surface area contributed by atoms with Crippen molar-refractivity contribution in [3.63, 3.8) is 0 Å². The fraction of sp³-hybridized carbons (Fsp3) is 0.533. The molecule has 0 aliphatic heterocycles. The third kappa shape index (κ3) is 4.72. The molecule has 1 amide bonds. The first-order valence-electron chi connectivity index (χ1n) is 8.14. The summed E-state index contributed by atoms with van der Waals surface area (Å²) < 4.78 is 225. The van der Waals surface area contributed by atoms with Gasteiger partial charge in [-0.05, 0) is 12.1 Å². The van der Waals surface area contributed by atoms with E-state index in [9.17, 15) is 79.4 Å². The Labute approximate surface area is 206 Å². The lowest BCUT2D eigenvalue weighted by molar-refractivity contribution is -0.459. The molecule has 0 heterocycles. The van der Waals surface area contributed by atoms with Crippen molar-refractivity contribution in [1.82, 2.24) is 0 Å². The lowest BCUT2D eigenvalue weighted by atomic mass is 9.89. The second-order valence-electron chi connectivity index (χ2n) is 6.72. The lowest BCUT2D eigenvalue weighted by Gasteiger charge is -2.42. The van der Waals surface area contributed by atoms with Gasteiger partial charge < -0.3 is 5.32 Å². The molecule has 0 aliphatic rings. The average Bonchev–Trinajstić information content (AvgIpc) is 2.70. The molecule has 0 aliphatic carbocycles. The molecule has 1 rings (SSSR count). The Balaban J connectivity index is 3.62. The molecule has 1 aromatic rings. The molecule has 0 spiro atoms. The predicted molar refractivity (Wildman–Crippen MR) is 90.8 cm³/mol. The van der Waals surface area contributed by atoms with Crippen LogP contribution in [0, 0.1) is 0 Å². The molecule has 214 valence electrons. The number of hydrogen-bond acceptors (Lipinski definition) is 1. The van der Waals surface area contributed by atoms with Gasteiger partial charge >= 0.3 is 53.5 Å². The minimum absolute atomic E-state index is 0.291. The van der Waals surface area contributed by atoms with Crippen LogP contribution in [0.5, 0.6) is 0 Å². The van der Waals surface area contributed by atoms with E-state index in [0.717, 1.165) is 0 Å². The third-order valence-corrected chi connectivity index (χ3v) is 5.30. The van der Waals surface area contributed by atoms with Crippen molar-refractivity contribution in [1.29, 1.82) is 0 Å². The molecule has 0 unspecified atom stereocenters. The van der Waals surface area contributed by atoms with E-state index >= 15 is 0 Å². The van der Waals surface area contributed by atoms with Gasteiger partial charge in [-0.2, -0.15) is 74.6 Å². The first kappa shape index (κ1) is 33.4. The van der Waals surface area contributed by atoms with Gasteiger partial charge in [0.05, 0.1) is 20.8 Å². The Morgan fingerprint density at radius 1 is 0.514 bits per heavy atom. The minimum Gasteiger partial charge on any atom is -0.319 e. The van der Waals surface area contributed by atoms with E-state index in [4.69, 9.17) is 34.8 Å². The van der Waals surface area contributed by atoms with Crippen molar-refractivity contribution < 1.29 is 79.4 Å². The maximum Gasteiger partial charge on any atom is 0.460 e. The highest BCUT2D eigenvalue weighted by Gasteiger charge is 2.95. The highest BCUT2D eigenvalue weighted by molar-refractivity contribution is 6.44. The summed E-state index contributed by atoms with van der Waals surface area (Å²) in [4.78, 5) is 11.5. The number of anilines is 1. The Morgan fingerprint density at radius 2 is 0.838 bits per heavy atom. The molecule has 1 aromatic carbocycles. The Bertz CT molecular complexity index is 1050. The average molecular weight is 643 g/mol. The van der Waals surface area contributed by atoms with Gasteiger partial charge in [-0.15, -0.1) is 0 Å². The van der Waals surface area contributed by atoms with Crippen LogP contribution in [0.15, 0.2) is 12.1 Å². The summed E-state index contributed by atoms with van der Waals surface area (Å²) in [5.74, 6) is -62.4. The van der Waals surface area contributed by atoms with Crippen LogP contribution < -0.4 is 5.32 Å². The number of rotatable bonds is 8. The predicted octanol–water partition coefficient (Wildman–Crippen LogP) is 8.59. The summed E-state index contributed by atoms with van der Waals surface area (Å²) in [6.45, 7) is 0. The summed E-state index contributed by atoms with van der Waals surface area (Å²) >= 11 is 16.1. The zero-order chi connectivity index (χ0) is 30.0. The number of benzene rings is 1. The van der Waals surface area contributed by atoms with Gasteiger partial charge in [0, 0.05) is 0 Å². The molecule has 22 heteroatoms. The molecule has 1 N–H and O–H groups in total. The SMILES string of the molecule is O=C(Nc1cc(Cl)c(Cl)cc1Cl)C(F)(F)C(F)(F)C(F)(F)C(F)(F)C(F)(F)C(F)(F)C(F)(F)C(F)(F)F. The van der Waals surface area contributed by atoms with E-state index in [1.807, 2.05) is 0 Å². The number of carbonyl (C=O) groups excluding carboxylic acids is 1. The van der Waals surface area contributed by atoms with Crippen LogP contribution in [-0.2, 0) is 4.79 Å². The third-order valence-electron chi connectivity index (χ3n) is 4.27. The number of amides is 1. The first-order valence-corrected chi connectivity index (χ1v) is 9.27. The van der Waals surface area contributed by atoms with Crippen LogP contribution in [0.1, 0.15) is 0 Å². The zero-order valence-corrected chi connectivity index (χ0v) is 18.4. The summed E-state index contributed by atoms with van der Waals surface area (Å²) in [7, 11) is 0. The molecule has 0 saturated carbocycles. The summed E-state index contributed by atoms with van der Waals surface area (Å²) in [6.07, 6.45) is -7.86. The maximum absolute atomic E-state index is 13.9. The molecule has 0 fully saturated rings. The van der Waals surface area contributed by atoms with Crippen LogP contribution in [0.3, 0.4) is 0 Å². The second kappa shape index (κ2) is 9.24. The van der Waals surface area contributed by atoms with E-state index in [-0.39, 0.29) is 0 Å². The quantitative estimate of drug-likeness (QED) is 0.224. The Hall–Kier alpha value is -1.63. The van der Waals surface area contributed by atoms with Crippen molar-refractivity contribution in [2.75, 3.05) is 5.32 Å². The van der Waals surface area contributed by atoms with Gasteiger partial charge in [0.2, 0.25) is 0 Å². The van der Waals surface area contributed by atoms with Crippen LogP contribution in [0.25, 0.3) is 0 Å². The van der Waals surface area contributed by atoms with Gasteiger partial charge in [-0.3, -0.25) is 4.79 Å². The van der Waals surface area contributed by atoms with Gasteiger partial charge in [0.1, 0.15) is 0 Å². The fourth-order valence-electron chi connectivity index (χ4n) is 2.13. The number of nitrogens with one attached hydrogen (secondary N) is 1. The topological polar surface area (TPSA) is 29.1 Å². The van der Waals surface area contributed by atoms with Gasteiger partial charge in [-0.25, -0.2) is 0 Å². The van der Waals surface area contributed by atoms with E-state index in [1.54, 1.807) is 0 Å². The number of hydrogen-bond donors (Lipinski definition) is 1. The van der Waals surface area contributed by atoms with E-state index in [0.29, 0.717) is 17.4 Å². The molecular weight excluding hydrogens is 639 g/mol. The lowest BCUT2D eigenvalue weighted by Crippen LogP contribution is -2.75. The Kier molecular flexibility index (Phi) is 8.34. The van der Waals surface area contributed by atoms with Crippen molar-refractivity contribution in [2.24, 2.45) is 0 Å². The van der Waals surface area contributed by atoms with Crippen molar-refractivity contribution in [2.45, 2.75) is 47.6 Å². The molecule has 2 nitrogen and oxygen atoms in total. The molecule has 0 aromatic heterocycles. The number of halogens is 20. The molecule has 0 bridgehead atoms. The highest BCUT2D eigenvalue weighted by Crippen LogP contribution is 2.64. The molecule has 0 atom stereocenters.